The lowest BCUT2D eigenvalue weighted by atomic mass is 10.1. The van der Waals surface area contributed by atoms with Crippen molar-refractivity contribution >= 4 is 44.7 Å². The van der Waals surface area contributed by atoms with Gasteiger partial charge in [-0.3, -0.25) is 4.79 Å². The fourth-order valence-electron chi connectivity index (χ4n) is 1.67. The number of halogens is 2. The average molecular weight is 353 g/mol. The molecule has 2 aromatic carbocycles. The molecule has 3 nitrogen and oxygen atoms in total. The van der Waals surface area contributed by atoms with Crippen molar-refractivity contribution in [2.45, 2.75) is 0 Å². The molecule has 0 fully saturated rings. The van der Waals surface area contributed by atoms with E-state index in [1.165, 1.54) is 12.1 Å². The van der Waals surface area contributed by atoms with Crippen LogP contribution in [0.15, 0.2) is 46.9 Å². The van der Waals surface area contributed by atoms with Crippen LogP contribution in [0.3, 0.4) is 0 Å². The summed E-state index contributed by atoms with van der Waals surface area (Å²) in [4.78, 5) is 12.0. The number of amides is 1. The fourth-order valence-corrected chi connectivity index (χ4v) is 2.15. The molecule has 0 spiro atoms. The number of hydrogen-bond donors (Lipinski definition) is 2. The molecule has 0 unspecified atom stereocenters. The van der Waals surface area contributed by atoms with E-state index in [-0.39, 0.29) is 22.1 Å². The number of thiocarbonyl (C=S) groups is 1. The van der Waals surface area contributed by atoms with Crippen molar-refractivity contribution in [3.63, 3.8) is 0 Å². The van der Waals surface area contributed by atoms with Crippen LogP contribution in [0, 0.1) is 5.82 Å². The number of anilines is 1. The third-order valence-corrected chi connectivity index (χ3v) is 3.35. The minimum Gasteiger partial charge on any atom is -0.389 e. The summed E-state index contributed by atoms with van der Waals surface area (Å²) in [6.45, 7) is 0. The van der Waals surface area contributed by atoms with Gasteiger partial charge in [-0.15, -0.1) is 0 Å². The largest absolute Gasteiger partial charge is 0.389 e. The monoisotopic (exact) mass is 352 g/mol. The Hall–Kier alpha value is -1.79. The smallest absolute Gasteiger partial charge is 0.255 e. The van der Waals surface area contributed by atoms with Crippen LogP contribution in [0.25, 0.3) is 0 Å². The Labute approximate surface area is 129 Å². The summed E-state index contributed by atoms with van der Waals surface area (Å²) in [5.74, 6) is -0.924. The number of carbonyl (C=O) groups excluding carboxylic acids is 1. The molecule has 0 saturated heterocycles. The van der Waals surface area contributed by atoms with Crippen molar-refractivity contribution in [1.29, 1.82) is 0 Å². The van der Waals surface area contributed by atoms with Gasteiger partial charge in [0.05, 0.1) is 11.3 Å². The van der Waals surface area contributed by atoms with Gasteiger partial charge in [0.2, 0.25) is 0 Å². The minimum atomic E-state index is -0.564. The van der Waals surface area contributed by atoms with E-state index in [0.717, 1.165) is 4.47 Å². The van der Waals surface area contributed by atoms with Crippen molar-refractivity contribution in [1.82, 2.24) is 0 Å². The summed E-state index contributed by atoms with van der Waals surface area (Å²) in [7, 11) is 0. The molecule has 0 aromatic heterocycles. The van der Waals surface area contributed by atoms with Gasteiger partial charge in [0, 0.05) is 10.0 Å². The van der Waals surface area contributed by atoms with Crippen LogP contribution in [-0.2, 0) is 0 Å². The molecule has 2 rings (SSSR count). The molecule has 0 atom stereocenters. The Balaban J connectivity index is 2.30. The van der Waals surface area contributed by atoms with Crippen LogP contribution in [0.1, 0.15) is 15.9 Å². The molecular weight excluding hydrogens is 343 g/mol. The normalized spacial score (nSPS) is 10.1. The van der Waals surface area contributed by atoms with Gasteiger partial charge in [0.1, 0.15) is 10.8 Å². The molecule has 0 aliphatic rings. The summed E-state index contributed by atoms with van der Waals surface area (Å²) in [6, 6.07) is 11.1. The van der Waals surface area contributed by atoms with Gasteiger partial charge in [0.15, 0.2) is 0 Å². The molecule has 2 aromatic rings. The van der Waals surface area contributed by atoms with E-state index in [2.05, 4.69) is 21.2 Å². The zero-order valence-electron chi connectivity index (χ0n) is 10.2. The third-order valence-electron chi connectivity index (χ3n) is 2.61. The van der Waals surface area contributed by atoms with Crippen molar-refractivity contribution in [3.8, 4) is 0 Å². The first-order valence-electron chi connectivity index (χ1n) is 5.64. The van der Waals surface area contributed by atoms with Crippen LogP contribution in [0.2, 0.25) is 0 Å². The van der Waals surface area contributed by atoms with Gasteiger partial charge < -0.3 is 11.1 Å². The first-order valence-corrected chi connectivity index (χ1v) is 6.84. The van der Waals surface area contributed by atoms with E-state index in [1.807, 2.05) is 0 Å². The Morgan fingerprint density at radius 2 is 1.85 bits per heavy atom. The first kappa shape index (κ1) is 14.6. The second kappa shape index (κ2) is 6.11. The van der Waals surface area contributed by atoms with Crippen LogP contribution in [-0.4, -0.2) is 10.9 Å². The zero-order chi connectivity index (χ0) is 14.7. The van der Waals surface area contributed by atoms with Crippen LogP contribution >= 0.6 is 28.1 Å². The number of hydrogen-bond acceptors (Lipinski definition) is 2. The highest BCUT2D eigenvalue weighted by molar-refractivity contribution is 9.10. The van der Waals surface area contributed by atoms with E-state index in [1.54, 1.807) is 30.3 Å². The predicted molar refractivity (Wildman–Crippen MR) is 84.4 cm³/mol. The van der Waals surface area contributed by atoms with E-state index in [9.17, 15) is 9.18 Å². The summed E-state index contributed by atoms with van der Waals surface area (Å²) in [5.41, 5.74) is 6.22. The molecule has 0 saturated carbocycles. The van der Waals surface area contributed by atoms with Crippen molar-refractivity contribution in [3.05, 3.63) is 63.9 Å². The summed E-state index contributed by atoms with van der Waals surface area (Å²) in [5, 5.41) is 2.61. The van der Waals surface area contributed by atoms with Crippen LogP contribution < -0.4 is 11.1 Å². The number of nitrogens with two attached hydrogens (primary N) is 1. The molecule has 1 amide bonds. The molecular formula is C14H10BrFN2OS. The van der Waals surface area contributed by atoms with Crippen LogP contribution in [0.5, 0.6) is 0 Å². The maximum atomic E-state index is 13.7. The lowest BCUT2D eigenvalue weighted by molar-refractivity contribution is 0.102. The predicted octanol–water partition coefficient (Wildman–Crippen LogP) is 3.47. The first-order chi connectivity index (χ1) is 9.49. The zero-order valence-corrected chi connectivity index (χ0v) is 12.6. The fraction of sp³-hybridized carbons (Fsp3) is 0. The highest BCUT2D eigenvalue weighted by atomic mass is 79.9. The molecule has 0 aliphatic heterocycles. The van der Waals surface area contributed by atoms with Gasteiger partial charge in [-0.25, -0.2) is 4.39 Å². The highest BCUT2D eigenvalue weighted by Crippen LogP contribution is 2.20. The minimum absolute atomic E-state index is 0.0351. The van der Waals surface area contributed by atoms with Gasteiger partial charge in [0.25, 0.3) is 5.91 Å². The number of rotatable bonds is 3. The Morgan fingerprint density at radius 1 is 1.20 bits per heavy atom. The van der Waals surface area contributed by atoms with Crippen molar-refractivity contribution in [2.75, 3.05) is 5.32 Å². The lowest BCUT2D eigenvalue weighted by Gasteiger charge is -2.11. The van der Waals surface area contributed by atoms with E-state index < -0.39 is 5.82 Å². The third kappa shape index (κ3) is 3.20. The maximum Gasteiger partial charge on any atom is 0.255 e. The Bertz CT molecular complexity index is 673. The number of benzene rings is 2. The summed E-state index contributed by atoms with van der Waals surface area (Å²) < 4.78 is 14.5. The molecule has 0 heterocycles. The van der Waals surface area contributed by atoms with Gasteiger partial charge in [-0.05, 0) is 36.4 Å². The summed E-state index contributed by atoms with van der Waals surface area (Å²) >= 11 is 8.09. The second-order valence-corrected chi connectivity index (χ2v) is 5.34. The van der Waals surface area contributed by atoms with Gasteiger partial charge >= 0.3 is 0 Å². The van der Waals surface area contributed by atoms with Crippen LogP contribution in [0.4, 0.5) is 10.1 Å². The summed E-state index contributed by atoms with van der Waals surface area (Å²) in [6.07, 6.45) is 0. The topological polar surface area (TPSA) is 55.1 Å². The molecule has 102 valence electrons. The highest BCUT2D eigenvalue weighted by Gasteiger charge is 2.14. The standard InChI is InChI=1S/C14H10BrFN2OS/c15-9-6-4-8(5-7-9)14(19)18-11-3-1-2-10(16)12(11)13(17)20/h1-7H,(H2,17,20)(H,18,19). The van der Waals surface area contributed by atoms with Crippen molar-refractivity contribution < 1.29 is 9.18 Å². The van der Waals surface area contributed by atoms with Gasteiger partial charge in [-0.1, -0.05) is 34.2 Å². The molecule has 0 aliphatic carbocycles. The van der Waals surface area contributed by atoms with E-state index in [0.29, 0.717) is 5.56 Å². The van der Waals surface area contributed by atoms with Gasteiger partial charge in [-0.2, -0.15) is 0 Å². The molecule has 0 bridgehead atoms. The quantitative estimate of drug-likeness (QED) is 0.831. The molecule has 3 N–H and O–H groups in total. The Kier molecular flexibility index (Phi) is 4.46. The SMILES string of the molecule is NC(=S)c1c(F)cccc1NC(=O)c1ccc(Br)cc1. The van der Waals surface area contributed by atoms with E-state index in [4.69, 9.17) is 18.0 Å². The number of nitrogens with one attached hydrogen (secondary N) is 1. The lowest BCUT2D eigenvalue weighted by Crippen LogP contribution is -2.19. The molecule has 20 heavy (non-hydrogen) atoms. The second-order valence-electron chi connectivity index (χ2n) is 3.99. The van der Waals surface area contributed by atoms with E-state index >= 15 is 0 Å². The Morgan fingerprint density at radius 3 is 2.45 bits per heavy atom. The maximum absolute atomic E-state index is 13.7. The molecule has 0 radical (unpaired) electrons. The number of carbonyl (C=O) groups is 1. The molecule has 6 heteroatoms. The van der Waals surface area contributed by atoms with Crippen molar-refractivity contribution in [2.24, 2.45) is 5.73 Å². The average Bonchev–Trinajstić information content (AvgIpc) is 2.39.